The van der Waals surface area contributed by atoms with Gasteiger partial charge in [-0.1, -0.05) is 12.1 Å². The molecule has 1 aromatic heterocycles. The smallest absolute Gasteiger partial charge is 0.325 e. The second-order valence-corrected chi connectivity index (χ2v) is 6.91. The molecule has 4 amide bonds. The van der Waals surface area contributed by atoms with Crippen LogP contribution in [0.1, 0.15) is 28.9 Å². The first-order valence-electron chi connectivity index (χ1n) is 8.92. The summed E-state index contributed by atoms with van der Waals surface area (Å²) in [6.45, 7) is 0.729. The van der Waals surface area contributed by atoms with Crippen LogP contribution in [0.2, 0.25) is 0 Å². The number of carbonyl (C=O) groups excluding carboxylic acids is 3. The monoisotopic (exact) mass is 383 g/mol. The fourth-order valence-corrected chi connectivity index (χ4v) is 3.59. The summed E-state index contributed by atoms with van der Waals surface area (Å²) in [5, 5.41) is 2.80. The molecule has 144 valence electrons. The zero-order valence-electron chi connectivity index (χ0n) is 15.0. The summed E-state index contributed by atoms with van der Waals surface area (Å²) < 4.78 is 13.1. The number of urea groups is 1. The maximum absolute atomic E-state index is 13.1. The number of hydrogen-bond acceptors (Lipinski definition) is 5. The normalized spacial score (nSPS) is 18.5. The fraction of sp³-hybridized carbons (Fsp3) is 0.316. The Morgan fingerprint density at radius 1 is 1.14 bits per heavy atom. The number of benzene rings is 1. The highest BCUT2D eigenvalue weighted by Gasteiger charge is 2.52. The molecule has 2 aliphatic heterocycles. The Balaban J connectivity index is 1.44. The Morgan fingerprint density at radius 3 is 2.50 bits per heavy atom. The van der Waals surface area contributed by atoms with Crippen molar-refractivity contribution in [3.05, 3.63) is 59.9 Å². The molecule has 0 radical (unpaired) electrons. The number of likely N-dealkylation sites (tertiary alicyclic amines) is 1. The quantitative estimate of drug-likeness (QED) is 0.807. The molecule has 0 saturated carbocycles. The molecule has 2 fully saturated rings. The summed E-state index contributed by atoms with van der Waals surface area (Å²) in [7, 11) is 0. The Bertz CT molecular complexity index is 911. The number of hydrogen-bond donors (Lipinski definition) is 1. The molecule has 2 aromatic rings. The molecule has 1 spiro atoms. The van der Waals surface area contributed by atoms with E-state index in [1.54, 1.807) is 17.0 Å². The molecule has 0 unspecified atom stereocenters. The van der Waals surface area contributed by atoms with E-state index < -0.39 is 11.6 Å². The lowest BCUT2D eigenvalue weighted by Crippen LogP contribution is -2.55. The van der Waals surface area contributed by atoms with Crippen molar-refractivity contribution in [2.24, 2.45) is 0 Å². The van der Waals surface area contributed by atoms with Gasteiger partial charge in [0.1, 0.15) is 17.1 Å². The third-order valence-corrected chi connectivity index (χ3v) is 5.19. The van der Waals surface area contributed by atoms with Crippen LogP contribution >= 0.6 is 0 Å². The fourth-order valence-electron chi connectivity index (χ4n) is 3.59. The van der Waals surface area contributed by atoms with Gasteiger partial charge in [0.2, 0.25) is 0 Å². The number of piperidine rings is 1. The summed E-state index contributed by atoms with van der Waals surface area (Å²) in [5.74, 6) is -0.936. The van der Waals surface area contributed by atoms with Crippen LogP contribution in [0, 0.1) is 5.82 Å². The zero-order chi connectivity index (χ0) is 19.7. The van der Waals surface area contributed by atoms with E-state index in [1.807, 2.05) is 0 Å². The van der Waals surface area contributed by atoms with E-state index in [4.69, 9.17) is 0 Å². The molecule has 3 heterocycles. The summed E-state index contributed by atoms with van der Waals surface area (Å²) in [4.78, 5) is 48.5. The Labute approximate surface area is 160 Å². The average molecular weight is 383 g/mol. The van der Waals surface area contributed by atoms with Gasteiger partial charge in [-0.25, -0.2) is 14.2 Å². The lowest BCUT2D eigenvalue weighted by atomic mass is 9.87. The molecule has 8 nitrogen and oxygen atoms in total. The molecular formula is C19H18FN5O3. The highest BCUT2D eigenvalue weighted by Crippen LogP contribution is 2.30. The number of carbonyl (C=O) groups is 3. The first-order valence-corrected chi connectivity index (χ1v) is 8.92. The number of nitrogens with one attached hydrogen (secondary N) is 1. The summed E-state index contributed by atoms with van der Waals surface area (Å²) in [6.07, 6.45) is 4.99. The molecule has 0 atom stereocenters. The molecule has 9 heteroatoms. The number of aromatic nitrogens is 2. The Morgan fingerprint density at radius 2 is 1.86 bits per heavy atom. The van der Waals surface area contributed by atoms with Gasteiger partial charge in [-0.3, -0.25) is 19.5 Å². The van der Waals surface area contributed by atoms with E-state index in [0.29, 0.717) is 31.5 Å². The Hall–Kier alpha value is -3.36. The van der Waals surface area contributed by atoms with Crippen molar-refractivity contribution in [2.75, 3.05) is 13.1 Å². The summed E-state index contributed by atoms with van der Waals surface area (Å²) >= 11 is 0. The van der Waals surface area contributed by atoms with Gasteiger partial charge in [0.05, 0.1) is 12.7 Å². The summed E-state index contributed by atoms with van der Waals surface area (Å²) in [5.41, 5.74) is -0.0913. The largest absolute Gasteiger partial charge is 0.337 e. The van der Waals surface area contributed by atoms with Crippen LogP contribution in [0.3, 0.4) is 0 Å². The SMILES string of the molecule is O=C(c1cnccn1)N1CCC2(CC1)NC(=O)N(Cc1ccc(F)cc1)C2=O. The minimum Gasteiger partial charge on any atom is -0.337 e. The van der Waals surface area contributed by atoms with Crippen LogP contribution < -0.4 is 5.32 Å². The second kappa shape index (κ2) is 6.99. The number of imide groups is 1. The average Bonchev–Trinajstić information content (AvgIpc) is 2.94. The zero-order valence-corrected chi connectivity index (χ0v) is 15.0. The van der Waals surface area contributed by atoms with Gasteiger partial charge in [0.15, 0.2) is 0 Å². The maximum atomic E-state index is 13.1. The van der Waals surface area contributed by atoms with Crippen molar-refractivity contribution >= 4 is 17.8 Å². The van der Waals surface area contributed by atoms with Crippen LogP contribution in [0.25, 0.3) is 0 Å². The van der Waals surface area contributed by atoms with Crippen molar-refractivity contribution in [1.29, 1.82) is 0 Å². The number of halogens is 1. The van der Waals surface area contributed by atoms with Gasteiger partial charge < -0.3 is 10.2 Å². The molecule has 2 saturated heterocycles. The van der Waals surface area contributed by atoms with Crippen LogP contribution in [0.15, 0.2) is 42.9 Å². The molecule has 0 aliphatic carbocycles. The predicted octanol–water partition coefficient (Wildman–Crippen LogP) is 1.34. The molecule has 4 rings (SSSR count). The van der Waals surface area contributed by atoms with Crippen LogP contribution in [-0.2, 0) is 11.3 Å². The lowest BCUT2D eigenvalue weighted by Gasteiger charge is -2.37. The van der Waals surface area contributed by atoms with Gasteiger partial charge in [-0.05, 0) is 30.5 Å². The Kier molecular flexibility index (Phi) is 4.50. The van der Waals surface area contributed by atoms with E-state index in [9.17, 15) is 18.8 Å². The molecule has 1 aromatic carbocycles. The van der Waals surface area contributed by atoms with E-state index in [1.165, 1.54) is 30.7 Å². The summed E-state index contributed by atoms with van der Waals surface area (Å²) in [6, 6.07) is 5.20. The maximum Gasteiger partial charge on any atom is 0.325 e. The van der Waals surface area contributed by atoms with E-state index in [2.05, 4.69) is 15.3 Å². The van der Waals surface area contributed by atoms with Crippen LogP contribution in [0.4, 0.5) is 9.18 Å². The molecule has 1 N–H and O–H groups in total. The number of amides is 4. The van der Waals surface area contributed by atoms with Crippen molar-refractivity contribution in [3.8, 4) is 0 Å². The lowest BCUT2D eigenvalue weighted by molar-refractivity contribution is -0.133. The van der Waals surface area contributed by atoms with Crippen LogP contribution in [-0.4, -0.2) is 56.2 Å². The van der Waals surface area contributed by atoms with Crippen molar-refractivity contribution < 1.29 is 18.8 Å². The first kappa shape index (κ1) is 18.0. The topological polar surface area (TPSA) is 95.5 Å². The minimum atomic E-state index is -1.00. The minimum absolute atomic E-state index is 0.0783. The van der Waals surface area contributed by atoms with Crippen molar-refractivity contribution in [1.82, 2.24) is 25.1 Å². The van der Waals surface area contributed by atoms with E-state index in [0.717, 1.165) is 4.90 Å². The predicted molar refractivity (Wildman–Crippen MR) is 95.4 cm³/mol. The second-order valence-electron chi connectivity index (χ2n) is 6.91. The number of rotatable bonds is 3. The first-order chi connectivity index (χ1) is 13.5. The third-order valence-electron chi connectivity index (χ3n) is 5.19. The van der Waals surface area contributed by atoms with Crippen molar-refractivity contribution in [2.45, 2.75) is 24.9 Å². The van der Waals surface area contributed by atoms with Gasteiger partial charge >= 0.3 is 6.03 Å². The molecule has 28 heavy (non-hydrogen) atoms. The van der Waals surface area contributed by atoms with E-state index in [-0.39, 0.29) is 29.9 Å². The van der Waals surface area contributed by atoms with Gasteiger partial charge in [-0.2, -0.15) is 0 Å². The van der Waals surface area contributed by atoms with Crippen LogP contribution in [0.5, 0.6) is 0 Å². The highest BCUT2D eigenvalue weighted by atomic mass is 19.1. The molecular weight excluding hydrogens is 365 g/mol. The molecule has 0 bridgehead atoms. The van der Waals surface area contributed by atoms with Gasteiger partial charge in [-0.15, -0.1) is 0 Å². The van der Waals surface area contributed by atoms with Crippen molar-refractivity contribution in [3.63, 3.8) is 0 Å². The van der Waals surface area contributed by atoms with E-state index >= 15 is 0 Å². The number of nitrogens with zero attached hydrogens (tertiary/aromatic N) is 4. The highest BCUT2D eigenvalue weighted by molar-refractivity contribution is 6.07. The van der Waals surface area contributed by atoms with Gasteiger partial charge in [0.25, 0.3) is 11.8 Å². The molecule has 2 aliphatic rings. The third kappa shape index (κ3) is 3.19. The standard InChI is InChI=1S/C19H18FN5O3/c20-14-3-1-13(2-4-14)12-25-17(27)19(23-18(25)28)5-9-24(10-6-19)16(26)15-11-21-7-8-22-15/h1-4,7-8,11H,5-6,9-10,12H2,(H,23,28). The van der Waals surface area contributed by atoms with Gasteiger partial charge in [0, 0.05) is 25.5 Å².